The second-order valence-corrected chi connectivity index (χ2v) is 7.54. The van der Waals surface area contributed by atoms with Gasteiger partial charge < -0.3 is 15.2 Å². The van der Waals surface area contributed by atoms with Gasteiger partial charge in [-0.05, 0) is 68.8 Å². The van der Waals surface area contributed by atoms with E-state index in [-0.39, 0.29) is 5.69 Å². The number of fused-ring (bicyclic) bond motifs is 1. The van der Waals surface area contributed by atoms with Gasteiger partial charge in [0.15, 0.2) is 0 Å². The van der Waals surface area contributed by atoms with Gasteiger partial charge >= 0.3 is 0 Å². The van der Waals surface area contributed by atoms with Crippen LogP contribution < -0.4 is 5.32 Å². The molecular weight excluding hydrogens is 364 g/mol. The zero-order chi connectivity index (χ0) is 19.0. The number of halogens is 1. The lowest BCUT2D eigenvalue weighted by molar-refractivity contribution is -0.383. The molecule has 27 heavy (non-hydrogen) atoms. The first-order valence-corrected chi connectivity index (χ1v) is 9.40. The number of H-pyrrole nitrogens is 1. The second-order valence-electron chi connectivity index (χ2n) is 7.10. The molecule has 1 fully saturated rings. The predicted octanol–water partition coefficient (Wildman–Crippen LogP) is 5.11. The van der Waals surface area contributed by atoms with Crippen molar-refractivity contribution in [3.05, 3.63) is 63.3 Å². The van der Waals surface area contributed by atoms with Crippen LogP contribution in [0.15, 0.2) is 42.6 Å². The van der Waals surface area contributed by atoms with Gasteiger partial charge in [-0.15, -0.1) is 0 Å². The summed E-state index contributed by atoms with van der Waals surface area (Å²) in [6.07, 6.45) is 5.53. The average molecular weight is 385 g/mol. The molecule has 1 aliphatic heterocycles. The Hall–Kier alpha value is -2.57. The number of nitro groups is 1. The zero-order valence-electron chi connectivity index (χ0n) is 15.0. The fourth-order valence-corrected chi connectivity index (χ4v) is 4.01. The van der Waals surface area contributed by atoms with Crippen LogP contribution in [0.2, 0.25) is 5.02 Å². The summed E-state index contributed by atoms with van der Waals surface area (Å²) in [6.45, 7) is 1.15. The third-order valence-corrected chi connectivity index (χ3v) is 5.56. The lowest BCUT2D eigenvalue weighted by atomic mass is 10.0. The standard InChI is InChI=1S/C20H21ClN4O2/c1-24-8-2-3-16(24)9-13-12-22-18-6-5-15(11-17(13)18)23-19-10-14(21)4-7-20(19)25(26)27/h4-7,10-12,16,22-23H,2-3,8-9H2,1H3/t16-/m1/s1. The van der Waals surface area contributed by atoms with Crippen LogP contribution in [0.5, 0.6) is 0 Å². The molecule has 1 aromatic heterocycles. The average Bonchev–Trinajstić information content (AvgIpc) is 3.22. The van der Waals surface area contributed by atoms with Gasteiger partial charge in [-0.1, -0.05) is 11.6 Å². The van der Waals surface area contributed by atoms with E-state index in [1.54, 1.807) is 6.07 Å². The van der Waals surface area contributed by atoms with Crippen molar-refractivity contribution >= 4 is 39.6 Å². The summed E-state index contributed by atoms with van der Waals surface area (Å²) < 4.78 is 0. The fraction of sp³-hybridized carbons (Fsp3) is 0.300. The molecule has 2 heterocycles. The molecule has 0 saturated carbocycles. The zero-order valence-corrected chi connectivity index (χ0v) is 15.8. The van der Waals surface area contributed by atoms with Crippen LogP contribution in [0.3, 0.4) is 0 Å². The molecule has 140 valence electrons. The van der Waals surface area contributed by atoms with Crippen molar-refractivity contribution in [3.8, 4) is 0 Å². The molecule has 3 aromatic rings. The van der Waals surface area contributed by atoms with Crippen molar-refractivity contribution in [2.45, 2.75) is 25.3 Å². The van der Waals surface area contributed by atoms with E-state index in [4.69, 9.17) is 11.6 Å². The maximum atomic E-state index is 11.3. The summed E-state index contributed by atoms with van der Waals surface area (Å²) in [5.41, 5.74) is 3.53. The van der Waals surface area contributed by atoms with Crippen molar-refractivity contribution in [2.24, 2.45) is 0 Å². The van der Waals surface area contributed by atoms with E-state index in [9.17, 15) is 10.1 Å². The van der Waals surface area contributed by atoms with Gasteiger partial charge in [-0.3, -0.25) is 10.1 Å². The summed E-state index contributed by atoms with van der Waals surface area (Å²) in [7, 11) is 2.18. The normalized spacial score (nSPS) is 17.5. The minimum absolute atomic E-state index is 0.00127. The van der Waals surface area contributed by atoms with E-state index in [0.29, 0.717) is 16.8 Å². The number of nitrogens with one attached hydrogen (secondary N) is 2. The molecule has 0 bridgehead atoms. The number of likely N-dealkylation sites (tertiary alicyclic amines) is 1. The maximum absolute atomic E-state index is 11.3. The highest BCUT2D eigenvalue weighted by atomic mass is 35.5. The fourth-order valence-electron chi connectivity index (χ4n) is 3.84. The van der Waals surface area contributed by atoms with Crippen LogP contribution in [0, 0.1) is 10.1 Å². The molecule has 2 N–H and O–H groups in total. The number of nitro benzene ring substituents is 1. The van der Waals surface area contributed by atoms with E-state index in [0.717, 1.165) is 29.6 Å². The Morgan fingerprint density at radius 1 is 1.33 bits per heavy atom. The number of hydrogen-bond donors (Lipinski definition) is 2. The summed E-state index contributed by atoms with van der Waals surface area (Å²) in [4.78, 5) is 16.6. The maximum Gasteiger partial charge on any atom is 0.292 e. The largest absolute Gasteiger partial charge is 0.361 e. The number of hydrogen-bond acceptors (Lipinski definition) is 4. The Balaban J connectivity index is 1.65. The Bertz CT molecular complexity index is 1000. The van der Waals surface area contributed by atoms with Crippen molar-refractivity contribution < 1.29 is 4.92 Å². The van der Waals surface area contributed by atoms with Crippen molar-refractivity contribution in [2.75, 3.05) is 18.9 Å². The topological polar surface area (TPSA) is 74.2 Å². The summed E-state index contributed by atoms with van der Waals surface area (Å²) in [5, 5.41) is 16.0. The van der Waals surface area contributed by atoms with Gasteiger partial charge in [0, 0.05) is 39.9 Å². The Kier molecular flexibility index (Phi) is 4.76. The Morgan fingerprint density at radius 3 is 2.93 bits per heavy atom. The van der Waals surface area contributed by atoms with E-state index in [1.807, 2.05) is 18.2 Å². The lowest BCUT2D eigenvalue weighted by Gasteiger charge is -2.18. The molecule has 4 rings (SSSR count). The lowest BCUT2D eigenvalue weighted by Crippen LogP contribution is -2.26. The quantitative estimate of drug-likeness (QED) is 0.473. The smallest absolute Gasteiger partial charge is 0.292 e. The highest BCUT2D eigenvalue weighted by molar-refractivity contribution is 6.31. The van der Waals surface area contributed by atoms with Gasteiger partial charge in [0.25, 0.3) is 5.69 Å². The van der Waals surface area contributed by atoms with Crippen LogP contribution in [0.4, 0.5) is 17.1 Å². The molecule has 1 atom stereocenters. The number of nitrogens with zero attached hydrogens (tertiary/aromatic N) is 2. The molecule has 1 aliphatic rings. The number of rotatable bonds is 5. The Morgan fingerprint density at radius 2 is 2.19 bits per heavy atom. The number of anilines is 2. The number of aromatic nitrogens is 1. The predicted molar refractivity (Wildman–Crippen MR) is 109 cm³/mol. The molecule has 6 nitrogen and oxygen atoms in total. The molecule has 2 aromatic carbocycles. The van der Waals surface area contributed by atoms with Gasteiger partial charge in [0.1, 0.15) is 5.69 Å². The van der Waals surface area contributed by atoms with Gasteiger partial charge in [0.05, 0.1) is 4.92 Å². The highest BCUT2D eigenvalue weighted by Gasteiger charge is 2.22. The van der Waals surface area contributed by atoms with Crippen LogP contribution >= 0.6 is 11.6 Å². The van der Waals surface area contributed by atoms with E-state index in [1.165, 1.54) is 30.5 Å². The number of aromatic amines is 1. The summed E-state index contributed by atoms with van der Waals surface area (Å²) in [6, 6.07) is 11.0. The van der Waals surface area contributed by atoms with Crippen LogP contribution in [-0.2, 0) is 6.42 Å². The van der Waals surface area contributed by atoms with Crippen molar-refractivity contribution in [3.63, 3.8) is 0 Å². The van der Waals surface area contributed by atoms with Gasteiger partial charge in [0.2, 0.25) is 0 Å². The third kappa shape index (κ3) is 3.63. The molecule has 0 radical (unpaired) electrons. The minimum Gasteiger partial charge on any atom is -0.361 e. The van der Waals surface area contributed by atoms with Gasteiger partial charge in [-0.2, -0.15) is 0 Å². The summed E-state index contributed by atoms with van der Waals surface area (Å²) in [5.74, 6) is 0. The first-order valence-electron chi connectivity index (χ1n) is 9.02. The first kappa shape index (κ1) is 17.8. The van der Waals surface area contributed by atoms with Gasteiger partial charge in [-0.25, -0.2) is 0 Å². The minimum atomic E-state index is -0.408. The molecule has 0 aliphatic carbocycles. The second kappa shape index (κ2) is 7.21. The SMILES string of the molecule is CN1CCC[C@@H]1Cc1c[nH]c2ccc(Nc3cc(Cl)ccc3[N+](=O)[O-])cc12. The van der Waals surface area contributed by atoms with Crippen LogP contribution in [-0.4, -0.2) is 34.4 Å². The molecular formula is C20H21ClN4O2. The third-order valence-electron chi connectivity index (χ3n) is 5.33. The summed E-state index contributed by atoms with van der Waals surface area (Å²) >= 11 is 6.03. The number of likely N-dealkylation sites (N-methyl/N-ethyl adjacent to an activating group) is 1. The molecule has 0 amide bonds. The Labute approximate surface area is 162 Å². The van der Waals surface area contributed by atoms with Crippen molar-refractivity contribution in [1.29, 1.82) is 0 Å². The van der Waals surface area contributed by atoms with Crippen LogP contribution in [0.25, 0.3) is 10.9 Å². The van der Waals surface area contributed by atoms with Crippen LogP contribution in [0.1, 0.15) is 18.4 Å². The molecule has 1 saturated heterocycles. The molecule has 7 heteroatoms. The molecule has 0 unspecified atom stereocenters. The van der Waals surface area contributed by atoms with E-state index >= 15 is 0 Å². The number of benzene rings is 2. The highest BCUT2D eigenvalue weighted by Crippen LogP contribution is 2.32. The first-order chi connectivity index (χ1) is 13.0. The van der Waals surface area contributed by atoms with E-state index in [2.05, 4.69) is 28.4 Å². The van der Waals surface area contributed by atoms with Crippen molar-refractivity contribution in [1.82, 2.24) is 9.88 Å². The molecule has 0 spiro atoms. The monoisotopic (exact) mass is 384 g/mol. The van der Waals surface area contributed by atoms with E-state index < -0.39 is 4.92 Å².